The van der Waals surface area contributed by atoms with Gasteiger partial charge in [0.1, 0.15) is 23.2 Å². The predicted octanol–water partition coefficient (Wildman–Crippen LogP) is 6.63. The molecule has 3 N–H and O–H groups in total. The molecular formula is C29H23ClF2N4O3. The van der Waals surface area contributed by atoms with Gasteiger partial charge >= 0.3 is 5.97 Å². The summed E-state index contributed by atoms with van der Waals surface area (Å²) in [5.41, 5.74) is 2.07. The molecule has 0 bridgehead atoms. The molecule has 0 aliphatic heterocycles. The Morgan fingerprint density at radius 3 is 2.38 bits per heavy atom. The highest BCUT2D eigenvalue weighted by molar-refractivity contribution is 6.34. The van der Waals surface area contributed by atoms with E-state index in [1.165, 1.54) is 0 Å². The first-order chi connectivity index (χ1) is 18.6. The van der Waals surface area contributed by atoms with Gasteiger partial charge in [0.2, 0.25) is 0 Å². The maximum atomic E-state index is 14.7. The van der Waals surface area contributed by atoms with Gasteiger partial charge in [-0.3, -0.25) is 9.78 Å². The molecule has 0 radical (unpaired) electrons. The summed E-state index contributed by atoms with van der Waals surface area (Å²) in [5, 5.41) is 15.9. The second kappa shape index (κ2) is 11.5. The number of pyridine rings is 1. The molecule has 0 fully saturated rings. The Labute approximate surface area is 228 Å². The van der Waals surface area contributed by atoms with Crippen LogP contribution in [0.2, 0.25) is 5.02 Å². The van der Waals surface area contributed by atoms with E-state index in [0.717, 1.165) is 12.1 Å². The Kier molecular flexibility index (Phi) is 8.07. The van der Waals surface area contributed by atoms with Crippen molar-refractivity contribution >= 4 is 45.8 Å². The minimum absolute atomic E-state index is 0.0929. The Morgan fingerprint density at radius 2 is 1.77 bits per heavy atom. The van der Waals surface area contributed by atoms with E-state index in [-0.39, 0.29) is 18.2 Å². The van der Waals surface area contributed by atoms with Crippen molar-refractivity contribution in [2.24, 2.45) is 0 Å². The van der Waals surface area contributed by atoms with Gasteiger partial charge in [-0.25, -0.2) is 18.4 Å². The summed E-state index contributed by atoms with van der Waals surface area (Å²) in [5.74, 6) is -4.78. The summed E-state index contributed by atoms with van der Waals surface area (Å²) < 4.78 is 29.3. The molecular weight excluding hydrogens is 526 g/mol. The van der Waals surface area contributed by atoms with E-state index in [4.69, 9.17) is 18.2 Å². The van der Waals surface area contributed by atoms with Crippen LogP contribution >= 0.6 is 11.6 Å². The number of anilines is 1. The van der Waals surface area contributed by atoms with Crippen molar-refractivity contribution in [3.8, 4) is 11.1 Å². The lowest BCUT2D eigenvalue weighted by molar-refractivity contribution is -0.139. The standard InChI is InChI=1S/C29H23ClF2N4O3/c1-15(2)35-18-13-23(31)26(24(32)14-18)28(37)36-25(29(38)39)11-16-6-8-21(27-19(16)5-4-10-34-27)20-9-7-17(33-3)12-22(20)30/h4-10,12-15,25,35H,11H2,1-2H3,(H,36,37)(H,38,39)/t25-/m0/s1. The van der Waals surface area contributed by atoms with Gasteiger partial charge in [0, 0.05) is 40.3 Å². The molecule has 1 aromatic heterocycles. The fourth-order valence-electron chi connectivity index (χ4n) is 4.28. The molecule has 1 amide bonds. The van der Waals surface area contributed by atoms with E-state index in [0.29, 0.717) is 38.3 Å². The van der Waals surface area contributed by atoms with E-state index >= 15 is 0 Å². The van der Waals surface area contributed by atoms with Crippen LogP contribution in [0.5, 0.6) is 0 Å². The normalized spacial score (nSPS) is 11.7. The summed E-state index contributed by atoms with van der Waals surface area (Å²) in [6.07, 6.45) is 1.40. The van der Waals surface area contributed by atoms with Crippen molar-refractivity contribution in [3.63, 3.8) is 0 Å². The van der Waals surface area contributed by atoms with Crippen molar-refractivity contribution in [2.75, 3.05) is 5.32 Å². The maximum absolute atomic E-state index is 14.7. The minimum Gasteiger partial charge on any atom is -0.480 e. The van der Waals surface area contributed by atoms with Gasteiger partial charge in [0.25, 0.3) is 5.91 Å². The van der Waals surface area contributed by atoms with Crippen LogP contribution in [0.3, 0.4) is 0 Å². The smallest absolute Gasteiger partial charge is 0.326 e. The average molecular weight is 549 g/mol. The van der Waals surface area contributed by atoms with E-state index in [2.05, 4.69) is 20.5 Å². The Hall–Kier alpha value is -4.55. The second-order valence-electron chi connectivity index (χ2n) is 9.13. The van der Waals surface area contributed by atoms with Crippen molar-refractivity contribution in [3.05, 3.63) is 100.0 Å². The van der Waals surface area contributed by atoms with Crippen LogP contribution < -0.4 is 10.6 Å². The third-order valence-corrected chi connectivity index (χ3v) is 6.30. The van der Waals surface area contributed by atoms with Crippen LogP contribution in [0, 0.1) is 18.2 Å². The van der Waals surface area contributed by atoms with Crippen molar-refractivity contribution in [1.29, 1.82) is 0 Å². The summed E-state index contributed by atoms with van der Waals surface area (Å²) in [6.45, 7) is 10.7. The van der Waals surface area contributed by atoms with Crippen LogP contribution in [0.25, 0.3) is 26.9 Å². The Morgan fingerprint density at radius 1 is 1.08 bits per heavy atom. The molecule has 198 valence electrons. The molecule has 3 aromatic carbocycles. The topological polar surface area (TPSA) is 95.7 Å². The third-order valence-electron chi connectivity index (χ3n) is 5.98. The minimum atomic E-state index is -1.49. The molecule has 4 aromatic rings. The lowest BCUT2D eigenvalue weighted by Crippen LogP contribution is -2.43. The summed E-state index contributed by atoms with van der Waals surface area (Å²) >= 11 is 6.42. The largest absolute Gasteiger partial charge is 0.480 e. The number of carboxylic acids is 1. The van der Waals surface area contributed by atoms with Crippen molar-refractivity contribution in [1.82, 2.24) is 10.3 Å². The third kappa shape index (κ3) is 5.97. The molecule has 1 atom stereocenters. The molecule has 39 heavy (non-hydrogen) atoms. The zero-order valence-electron chi connectivity index (χ0n) is 20.9. The maximum Gasteiger partial charge on any atom is 0.326 e. The first kappa shape index (κ1) is 27.5. The molecule has 10 heteroatoms. The lowest BCUT2D eigenvalue weighted by Gasteiger charge is -2.18. The van der Waals surface area contributed by atoms with Gasteiger partial charge in [-0.1, -0.05) is 41.9 Å². The zero-order chi connectivity index (χ0) is 28.3. The van der Waals surface area contributed by atoms with Gasteiger partial charge in [-0.05, 0) is 49.2 Å². The van der Waals surface area contributed by atoms with Crippen LogP contribution in [0.1, 0.15) is 29.8 Å². The average Bonchev–Trinajstić information content (AvgIpc) is 2.87. The molecule has 0 spiro atoms. The van der Waals surface area contributed by atoms with Gasteiger partial charge < -0.3 is 15.7 Å². The van der Waals surface area contributed by atoms with E-state index in [9.17, 15) is 23.5 Å². The lowest BCUT2D eigenvalue weighted by atomic mass is 9.95. The van der Waals surface area contributed by atoms with E-state index < -0.39 is 35.1 Å². The number of nitrogens with one attached hydrogen (secondary N) is 2. The molecule has 7 nitrogen and oxygen atoms in total. The van der Waals surface area contributed by atoms with Crippen LogP contribution in [-0.2, 0) is 11.2 Å². The van der Waals surface area contributed by atoms with Crippen LogP contribution in [0.15, 0.2) is 60.8 Å². The predicted molar refractivity (Wildman–Crippen MR) is 146 cm³/mol. The molecule has 4 rings (SSSR count). The molecule has 0 saturated carbocycles. The zero-order valence-corrected chi connectivity index (χ0v) is 21.7. The van der Waals surface area contributed by atoms with Crippen LogP contribution in [0.4, 0.5) is 20.2 Å². The summed E-state index contributed by atoms with van der Waals surface area (Å²) in [4.78, 5) is 32.7. The van der Waals surface area contributed by atoms with Crippen molar-refractivity contribution < 1.29 is 23.5 Å². The van der Waals surface area contributed by atoms with Crippen LogP contribution in [-0.4, -0.2) is 34.1 Å². The summed E-state index contributed by atoms with van der Waals surface area (Å²) in [7, 11) is 0. The number of benzene rings is 3. The number of nitrogens with zero attached hydrogens (tertiary/aromatic N) is 2. The number of carboxylic acid groups (broad SMARTS) is 1. The van der Waals surface area contributed by atoms with E-state index in [1.807, 2.05) is 0 Å². The number of carbonyl (C=O) groups excluding carboxylic acids is 1. The quantitative estimate of drug-likeness (QED) is 0.215. The number of aromatic nitrogens is 1. The number of hydrogen-bond acceptors (Lipinski definition) is 4. The number of carbonyl (C=O) groups is 2. The molecule has 0 aliphatic carbocycles. The number of amides is 1. The first-order valence-electron chi connectivity index (χ1n) is 11.9. The fourth-order valence-corrected chi connectivity index (χ4v) is 4.55. The van der Waals surface area contributed by atoms with Gasteiger partial charge in [-0.15, -0.1) is 0 Å². The number of rotatable bonds is 8. The Bertz CT molecular complexity index is 1610. The van der Waals surface area contributed by atoms with Gasteiger partial charge in [-0.2, -0.15) is 0 Å². The second-order valence-corrected chi connectivity index (χ2v) is 9.54. The highest BCUT2D eigenvalue weighted by atomic mass is 35.5. The number of hydrogen-bond donors (Lipinski definition) is 3. The summed E-state index contributed by atoms with van der Waals surface area (Å²) in [6, 6.07) is 12.1. The highest BCUT2D eigenvalue weighted by Gasteiger charge is 2.26. The van der Waals surface area contributed by atoms with Crippen molar-refractivity contribution in [2.45, 2.75) is 32.4 Å². The molecule has 1 heterocycles. The number of halogens is 3. The SMILES string of the molecule is [C-]#[N+]c1ccc(-c2ccc(C[C@H](NC(=O)c3c(F)cc(NC(C)C)cc3F)C(=O)O)c3cccnc23)c(Cl)c1. The Balaban J connectivity index is 1.66. The highest BCUT2D eigenvalue weighted by Crippen LogP contribution is 2.36. The van der Waals surface area contributed by atoms with Gasteiger partial charge in [0.05, 0.1) is 12.1 Å². The molecule has 0 aliphatic rings. The molecule has 0 saturated heterocycles. The number of fused-ring (bicyclic) bond motifs is 1. The fraction of sp³-hybridized carbons (Fsp3) is 0.172. The number of aliphatic carboxylic acids is 1. The first-order valence-corrected chi connectivity index (χ1v) is 12.3. The monoisotopic (exact) mass is 548 g/mol. The molecule has 0 unspecified atom stereocenters. The van der Waals surface area contributed by atoms with E-state index in [1.54, 1.807) is 62.5 Å². The van der Waals surface area contributed by atoms with Gasteiger partial charge in [0.15, 0.2) is 5.69 Å².